The zero-order chi connectivity index (χ0) is 26.8. The first kappa shape index (κ1) is 22.9. The van der Waals surface area contributed by atoms with E-state index >= 15 is 0 Å². The van der Waals surface area contributed by atoms with Crippen molar-refractivity contribution in [3.05, 3.63) is 132 Å². The Balaban J connectivity index is 1.39. The number of aromatic nitrogens is 4. The molecule has 40 heavy (non-hydrogen) atoms. The van der Waals surface area contributed by atoms with Crippen LogP contribution in [0.15, 0.2) is 121 Å². The Labute approximate surface area is 232 Å². The maximum absolute atomic E-state index is 4.97. The third kappa shape index (κ3) is 3.29. The van der Waals surface area contributed by atoms with Crippen molar-refractivity contribution in [2.75, 3.05) is 0 Å². The highest BCUT2D eigenvalue weighted by molar-refractivity contribution is 6.12. The lowest BCUT2D eigenvalue weighted by molar-refractivity contribution is 0.630. The number of rotatable bonds is 3. The van der Waals surface area contributed by atoms with Gasteiger partial charge in [0.05, 0.1) is 16.7 Å². The van der Waals surface area contributed by atoms with Gasteiger partial charge in [-0.15, -0.1) is 0 Å². The fraction of sp³-hybridized carbons (Fsp3) is 0.0833. The van der Waals surface area contributed by atoms with Gasteiger partial charge in [0.2, 0.25) is 0 Å². The number of fused-ring (bicyclic) bond motifs is 5. The monoisotopic (exact) mass is 514 g/mol. The Kier molecular flexibility index (Phi) is 4.83. The molecule has 0 unspecified atom stereocenters. The van der Waals surface area contributed by atoms with E-state index in [1.165, 1.54) is 38.6 Å². The summed E-state index contributed by atoms with van der Waals surface area (Å²) in [7, 11) is 0. The van der Waals surface area contributed by atoms with Crippen molar-refractivity contribution in [1.29, 1.82) is 0 Å². The van der Waals surface area contributed by atoms with Crippen molar-refractivity contribution >= 4 is 21.8 Å². The molecule has 7 aromatic rings. The third-order valence-electron chi connectivity index (χ3n) is 8.24. The molecule has 0 amide bonds. The van der Waals surface area contributed by atoms with Crippen LogP contribution in [-0.2, 0) is 5.41 Å². The van der Waals surface area contributed by atoms with Crippen LogP contribution in [0.4, 0.5) is 0 Å². The Morgan fingerprint density at radius 2 is 1.07 bits per heavy atom. The van der Waals surface area contributed by atoms with Gasteiger partial charge in [-0.25, -0.2) is 15.0 Å². The first-order chi connectivity index (χ1) is 19.6. The van der Waals surface area contributed by atoms with Crippen LogP contribution in [0.3, 0.4) is 0 Å². The molecule has 0 N–H and O–H groups in total. The van der Waals surface area contributed by atoms with Crippen LogP contribution in [0, 0.1) is 0 Å². The predicted molar refractivity (Wildman–Crippen MR) is 163 cm³/mol. The lowest BCUT2D eigenvalue weighted by Crippen LogP contribution is -2.26. The van der Waals surface area contributed by atoms with Crippen LogP contribution in [-0.4, -0.2) is 19.5 Å². The summed E-state index contributed by atoms with van der Waals surface area (Å²) in [6.07, 6.45) is 0. The van der Waals surface area contributed by atoms with Gasteiger partial charge in [-0.3, -0.25) is 0 Å². The summed E-state index contributed by atoms with van der Waals surface area (Å²) in [4.78, 5) is 14.8. The van der Waals surface area contributed by atoms with Gasteiger partial charge in [-0.05, 0) is 35.4 Å². The molecule has 2 aromatic heterocycles. The smallest absolute Gasteiger partial charge is 0.164 e. The van der Waals surface area contributed by atoms with Crippen LogP contribution < -0.4 is 0 Å². The molecule has 3 heterocycles. The molecule has 0 spiro atoms. The summed E-state index contributed by atoms with van der Waals surface area (Å²) >= 11 is 0. The van der Waals surface area contributed by atoms with E-state index in [4.69, 9.17) is 15.0 Å². The van der Waals surface area contributed by atoms with E-state index in [1.807, 2.05) is 60.7 Å². The van der Waals surface area contributed by atoms with Crippen molar-refractivity contribution < 1.29 is 0 Å². The minimum atomic E-state index is -0.0906. The molecule has 0 saturated heterocycles. The van der Waals surface area contributed by atoms with E-state index in [2.05, 4.69) is 79.1 Å². The molecule has 0 atom stereocenters. The maximum atomic E-state index is 4.97. The minimum absolute atomic E-state index is 0.0906. The highest BCUT2D eigenvalue weighted by Gasteiger charge is 2.34. The molecule has 8 rings (SSSR count). The highest BCUT2D eigenvalue weighted by atomic mass is 15.0. The molecular formula is C36H26N4. The molecule has 0 fully saturated rings. The average molecular weight is 515 g/mol. The van der Waals surface area contributed by atoms with E-state index in [0.29, 0.717) is 17.5 Å². The van der Waals surface area contributed by atoms with Crippen LogP contribution in [0.2, 0.25) is 0 Å². The largest absolute Gasteiger partial charge is 0.309 e. The van der Waals surface area contributed by atoms with Gasteiger partial charge in [0.15, 0.2) is 17.5 Å². The number of hydrogen-bond donors (Lipinski definition) is 0. The van der Waals surface area contributed by atoms with Gasteiger partial charge in [-0.2, -0.15) is 0 Å². The second-order valence-electron chi connectivity index (χ2n) is 10.9. The van der Waals surface area contributed by atoms with Crippen molar-refractivity contribution in [2.45, 2.75) is 19.3 Å². The molecular weight excluding hydrogens is 488 g/mol. The van der Waals surface area contributed by atoms with E-state index in [9.17, 15) is 0 Å². The predicted octanol–water partition coefficient (Wildman–Crippen LogP) is 8.61. The summed E-state index contributed by atoms with van der Waals surface area (Å²) in [5.74, 6) is 2.01. The average Bonchev–Trinajstić information content (AvgIpc) is 3.35. The van der Waals surface area contributed by atoms with Crippen LogP contribution in [0.25, 0.3) is 61.7 Å². The van der Waals surface area contributed by atoms with Crippen molar-refractivity contribution in [2.24, 2.45) is 0 Å². The van der Waals surface area contributed by atoms with Gasteiger partial charge in [0.25, 0.3) is 0 Å². The number of hydrogen-bond acceptors (Lipinski definition) is 3. The van der Waals surface area contributed by atoms with Crippen molar-refractivity contribution in [3.63, 3.8) is 0 Å². The molecule has 0 radical (unpaired) electrons. The molecule has 0 aliphatic carbocycles. The summed E-state index contributed by atoms with van der Waals surface area (Å²) in [6, 6.07) is 42.3. The number of nitrogens with zero attached hydrogens (tertiary/aromatic N) is 4. The van der Waals surface area contributed by atoms with E-state index in [0.717, 1.165) is 16.7 Å². The zero-order valence-corrected chi connectivity index (χ0v) is 22.3. The molecule has 5 aromatic carbocycles. The molecule has 4 nitrogen and oxygen atoms in total. The topological polar surface area (TPSA) is 43.6 Å². The zero-order valence-electron chi connectivity index (χ0n) is 22.3. The maximum Gasteiger partial charge on any atom is 0.164 e. The number of para-hydroxylation sites is 2. The SMILES string of the molecule is CC1(C)c2ccccc2-n2c3ccc(-c4nc(-c5ccccc5)nc(-c5ccccc5)n4)cc3c3cccc1c32. The Bertz CT molecular complexity index is 2010. The summed E-state index contributed by atoms with van der Waals surface area (Å²) < 4.78 is 2.43. The fourth-order valence-corrected chi connectivity index (χ4v) is 6.24. The van der Waals surface area contributed by atoms with E-state index in [-0.39, 0.29) is 5.41 Å². The molecule has 0 saturated carbocycles. The van der Waals surface area contributed by atoms with Crippen LogP contribution in [0.1, 0.15) is 25.0 Å². The fourth-order valence-electron chi connectivity index (χ4n) is 6.24. The van der Waals surface area contributed by atoms with E-state index < -0.39 is 0 Å². The Morgan fingerprint density at radius 3 is 1.75 bits per heavy atom. The lowest BCUT2D eigenvalue weighted by atomic mass is 9.75. The molecule has 0 bridgehead atoms. The van der Waals surface area contributed by atoms with Gasteiger partial charge in [-0.1, -0.05) is 111 Å². The van der Waals surface area contributed by atoms with Crippen molar-refractivity contribution in [3.8, 4) is 39.9 Å². The first-order valence-electron chi connectivity index (χ1n) is 13.6. The normalized spacial score (nSPS) is 13.4. The summed E-state index contributed by atoms with van der Waals surface area (Å²) in [5.41, 5.74) is 9.22. The molecule has 190 valence electrons. The van der Waals surface area contributed by atoms with Crippen LogP contribution >= 0.6 is 0 Å². The van der Waals surface area contributed by atoms with Crippen LogP contribution in [0.5, 0.6) is 0 Å². The van der Waals surface area contributed by atoms with E-state index in [1.54, 1.807) is 0 Å². The number of benzene rings is 5. The van der Waals surface area contributed by atoms with Gasteiger partial charge >= 0.3 is 0 Å². The first-order valence-corrected chi connectivity index (χ1v) is 13.6. The summed E-state index contributed by atoms with van der Waals surface area (Å²) in [6.45, 7) is 4.66. The van der Waals surface area contributed by atoms with Gasteiger partial charge < -0.3 is 4.57 Å². The quantitative estimate of drug-likeness (QED) is 0.237. The Hall–Kier alpha value is -5.09. The highest BCUT2D eigenvalue weighted by Crippen LogP contribution is 2.47. The van der Waals surface area contributed by atoms with Gasteiger partial charge in [0.1, 0.15) is 0 Å². The molecule has 1 aliphatic rings. The standard InChI is InChI=1S/C36H26N4/c1-36(2)28-17-9-10-19-31(28)40-30-21-20-25(22-27(30)26-16-11-18-29(36)32(26)40)35-38-33(23-12-5-3-6-13-23)37-34(39-35)24-14-7-4-8-15-24/h3-22H,1-2H3. The van der Waals surface area contributed by atoms with Crippen molar-refractivity contribution in [1.82, 2.24) is 19.5 Å². The third-order valence-corrected chi connectivity index (χ3v) is 8.24. The second-order valence-corrected chi connectivity index (χ2v) is 10.9. The molecule has 4 heteroatoms. The molecule has 1 aliphatic heterocycles. The Morgan fingerprint density at radius 1 is 0.500 bits per heavy atom. The minimum Gasteiger partial charge on any atom is -0.309 e. The lowest BCUT2D eigenvalue weighted by Gasteiger charge is -2.34. The summed E-state index contributed by atoms with van der Waals surface area (Å²) in [5, 5.41) is 2.45. The second kappa shape index (κ2) is 8.45. The van der Waals surface area contributed by atoms with Gasteiger partial charge in [0, 0.05) is 32.9 Å².